The number of amides is 2. The van der Waals surface area contributed by atoms with Gasteiger partial charge in [0.05, 0.1) is 5.69 Å². The summed E-state index contributed by atoms with van der Waals surface area (Å²) in [6, 6.07) is 5.99. The van der Waals surface area contributed by atoms with Crippen LogP contribution in [-0.4, -0.2) is 32.9 Å². The Morgan fingerprint density at radius 1 is 1.39 bits per heavy atom. The predicted octanol–water partition coefficient (Wildman–Crippen LogP) is 0.786. The van der Waals surface area contributed by atoms with E-state index in [-0.39, 0.29) is 11.7 Å². The van der Waals surface area contributed by atoms with Gasteiger partial charge in [-0.15, -0.1) is 0 Å². The Hall–Kier alpha value is -1.80. The number of urea groups is 1. The average molecular weight is 272 g/mol. The summed E-state index contributed by atoms with van der Waals surface area (Å²) in [5.74, 6) is 0. The first-order chi connectivity index (χ1) is 8.31. The molecule has 0 aromatic heterocycles. The van der Waals surface area contributed by atoms with Crippen LogP contribution in [0.2, 0.25) is 0 Å². The van der Waals surface area contributed by atoms with E-state index in [1.54, 1.807) is 19.2 Å². The Morgan fingerprint density at radius 2 is 2.00 bits per heavy atom. The molecule has 0 atom stereocenters. The van der Waals surface area contributed by atoms with Crippen LogP contribution < -0.4 is 15.2 Å². The minimum Gasteiger partial charge on any atom is -0.328 e. The quantitative estimate of drug-likeness (QED) is 0.754. The van der Waals surface area contributed by atoms with E-state index in [0.717, 1.165) is 0 Å². The molecule has 1 rings (SSSR count). The Labute approximate surface area is 106 Å². The molecule has 0 aliphatic rings. The van der Waals surface area contributed by atoms with Crippen LogP contribution in [0.1, 0.15) is 6.92 Å². The number of carbonyl (C=O) groups is 1. The minimum atomic E-state index is -3.82. The van der Waals surface area contributed by atoms with E-state index in [1.807, 2.05) is 6.92 Å². The number of rotatable bonds is 4. The molecule has 18 heavy (non-hydrogen) atoms. The monoisotopic (exact) mass is 272 g/mol. The Morgan fingerprint density at radius 3 is 2.56 bits per heavy atom. The van der Waals surface area contributed by atoms with Gasteiger partial charge in [0, 0.05) is 19.3 Å². The van der Waals surface area contributed by atoms with E-state index in [0.29, 0.717) is 12.2 Å². The number of hydrogen-bond donors (Lipinski definition) is 3. The zero-order valence-electron chi connectivity index (χ0n) is 10.2. The molecule has 0 spiro atoms. The fraction of sp³-hybridized carbons (Fsp3) is 0.300. The molecular weight excluding hydrogens is 256 g/mol. The molecule has 0 aliphatic carbocycles. The molecule has 0 saturated heterocycles. The SMILES string of the molecule is CCN(C)C(=O)Nc1cccc(NS(N)(=O)=O)c1. The third-order valence-electron chi connectivity index (χ3n) is 2.19. The highest BCUT2D eigenvalue weighted by molar-refractivity contribution is 7.90. The predicted molar refractivity (Wildman–Crippen MR) is 70.5 cm³/mol. The van der Waals surface area contributed by atoms with Crippen molar-refractivity contribution in [1.82, 2.24) is 4.90 Å². The summed E-state index contributed by atoms with van der Waals surface area (Å²) in [6.07, 6.45) is 0. The lowest BCUT2D eigenvalue weighted by atomic mass is 10.3. The molecule has 2 amide bonds. The first-order valence-corrected chi connectivity index (χ1v) is 6.79. The van der Waals surface area contributed by atoms with E-state index >= 15 is 0 Å². The lowest BCUT2D eigenvalue weighted by molar-refractivity contribution is 0.224. The normalized spacial score (nSPS) is 10.8. The second-order valence-corrected chi connectivity index (χ2v) is 4.97. The standard InChI is InChI=1S/C10H16N4O3S/c1-3-14(2)10(15)12-8-5-4-6-9(7-8)13-18(11,16)17/h4-7,13H,3H2,1-2H3,(H,12,15)(H2,11,16,17). The molecule has 7 nitrogen and oxygen atoms in total. The summed E-state index contributed by atoms with van der Waals surface area (Å²) in [4.78, 5) is 13.1. The molecule has 0 unspecified atom stereocenters. The molecule has 0 saturated carbocycles. The van der Waals surface area contributed by atoms with Crippen LogP contribution in [0, 0.1) is 0 Å². The van der Waals surface area contributed by atoms with Crippen LogP contribution in [0.4, 0.5) is 16.2 Å². The van der Waals surface area contributed by atoms with Crippen molar-refractivity contribution < 1.29 is 13.2 Å². The van der Waals surface area contributed by atoms with E-state index in [1.165, 1.54) is 17.0 Å². The van der Waals surface area contributed by atoms with Crippen molar-refractivity contribution in [3.63, 3.8) is 0 Å². The van der Waals surface area contributed by atoms with E-state index < -0.39 is 10.2 Å². The Bertz CT molecular complexity index is 530. The fourth-order valence-electron chi connectivity index (χ4n) is 1.19. The molecule has 1 aromatic carbocycles. The van der Waals surface area contributed by atoms with Crippen molar-refractivity contribution >= 4 is 27.6 Å². The van der Waals surface area contributed by atoms with Crippen LogP contribution in [-0.2, 0) is 10.2 Å². The average Bonchev–Trinajstić information content (AvgIpc) is 2.26. The second kappa shape index (κ2) is 5.69. The van der Waals surface area contributed by atoms with Crippen LogP contribution in [0.15, 0.2) is 24.3 Å². The summed E-state index contributed by atoms with van der Waals surface area (Å²) < 4.78 is 23.8. The highest BCUT2D eigenvalue weighted by Gasteiger charge is 2.07. The molecule has 1 aromatic rings. The van der Waals surface area contributed by atoms with Gasteiger partial charge in [0.25, 0.3) is 10.2 Å². The van der Waals surface area contributed by atoms with E-state index in [4.69, 9.17) is 5.14 Å². The maximum Gasteiger partial charge on any atom is 0.321 e. The van der Waals surface area contributed by atoms with Crippen LogP contribution >= 0.6 is 0 Å². The van der Waals surface area contributed by atoms with Crippen molar-refractivity contribution in [3.05, 3.63) is 24.3 Å². The van der Waals surface area contributed by atoms with Crippen molar-refractivity contribution in [2.45, 2.75) is 6.92 Å². The zero-order chi connectivity index (χ0) is 13.8. The lowest BCUT2D eigenvalue weighted by Crippen LogP contribution is -2.31. The highest BCUT2D eigenvalue weighted by Crippen LogP contribution is 2.15. The van der Waals surface area contributed by atoms with Gasteiger partial charge in [-0.3, -0.25) is 4.72 Å². The van der Waals surface area contributed by atoms with Gasteiger partial charge in [-0.2, -0.15) is 8.42 Å². The smallest absolute Gasteiger partial charge is 0.321 e. The van der Waals surface area contributed by atoms with Gasteiger partial charge in [-0.05, 0) is 25.1 Å². The van der Waals surface area contributed by atoms with Gasteiger partial charge in [-0.1, -0.05) is 6.07 Å². The molecule has 4 N–H and O–H groups in total. The molecule has 8 heteroatoms. The summed E-state index contributed by atoms with van der Waals surface area (Å²) in [5, 5.41) is 7.48. The first kappa shape index (κ1) is 14.3. The summed E-state index contributed by atoms with van der Waals surface area (Å²) in [6.45, 7) is 2.42. The third kappa shape index (κ3) is 4.60. The molecule has 0 aliphatic heterocycles. The molecular formula is C10H16N4O3S. The number of carbonyl (C=O) groups excluding carboxylic acids is 1. The van der Waals surface area contributed by atoms with Gasteiger partial charge < -0.3 is 10.2 Å². The number of benzene rings is 1. The summed E-state index contributed by atoms with van der Waals surface area (Å²) >= 11 is 0. The molecule has 0 heterocycles. The number of nitrogens with two attached hydrogens (primary N) is 1. The molecule has 0 bridgehead atoms. The van der Waals surface area contributed by atoms with E-state index in [2.05, 4.69) is 10.0 Å². The first-order valence-electron chi connectivity index (χ1n) is 5.24. The van der Waals surface area contributed by atoms with Crippen molar-refractivity contribution in [3.8, 4) is 0 Å². The van der Waals surface area contributed by atoms with Gasteiger partial charge >= 0.3 is 6.03 Å². The van der Waals surface area contributed by atoms with Gasteiger partial charge in [-0.25, -0.2) is 9.93 Å². The van der Waals surface area contributed by atoms with Gasteiger partial charge in [0.1, 0.15) is 0 Å². The van der Waals surface area contributed by atoms with Crippen molar-refractivity contribution in [2.75, 3.05) is 23.6 Å². The summed E-state index contributed by atoms with van der Waals surface area (Å²) in [7, 11) is -2.16. The van der Waals surface area contributed by atoms with E-state index in [9.17, 15) is 13.2 Å². The maximum absolute atomic E-state index is 11.6. The Balaban J connectivity index is 2.80. The lowest BCUT2D eigenvalue weighted by Gasteiger charge is -2.15. The largest absolute Gasteiger partial charge is 0.328 e. The van der Waals surface area contributed by atoms with Crippen molar-refractivity contribution in [1.29, 1.82) is 0 Å². The molecule has 0 radical (unpaired) electrons. The molecule has 0 fully saturated rings. The van der Waals surface area contributed by atoms with Crippen molar-refractivity contribution in [2.24, 2.45) is 5.14 Å². The molecule has 100 valence electrons. The topological polar surface area (TPSA) is 105 Å². The number of anilines is 2. The van der Waals surface area contributed by atoms with Crippen LogP contribution in [0.5, 0.6) is 0 Å². The summed E-state index contributed by atoms with van der Waals surface area (Å²) in [5.41, 5.74) is 0.767. The fourth-order valence-corrected chi connectivity index (χ4v) is 1.64. The zero-order valence-corrected chi connectivity index (χ0v) is 11.0. The highest BCUT2D eigenvalue weighted by atomic mass is 32.2. The number of hydrogen-bond acceptors (Lipinski definition) is 3. The van der Waals surface area contributed by atoms with Crippen LogP contribution in [0.3, 0.4) is 0 Å². The Kier molecular flexibility index (Phi) is 4.51. The minimum absolute atomic E-state index is 0.273. The number of nitrogens with zero attached hydrogens (tertiary/aromatic N) is 1. The van der Waals surface area contributed by atoms with Crippen LogP contribution in [0.25, 0.3) is 0 Å². The maximum atomic E-state index is 11.6. The number of nitrogens with one attached hydrogen (secondary N) is 2. The third-order valence-corrected chi connectivity index (χ3v) is 2.72. The van der Waals surface area contributed by atoms with Gasteiger partial charge in [0.15, 0.2) is 0 Å². The second-order valence-electron chi connectivity index (χ2n) is 3.67. The van der Waals surface area contributed by atoms with Gasteiger partial charge in [0.2, 0.25) is 0 Å².